The van der Waals surface area contributed by atoms with Gasteiger partial charge in [0.05, 0.1) is 22.0 Å². The highest BCUT2D eigenvalue weighted by atomic mass is 35.5. The third-order valence-corrected chi connectivity index (χ3v) is 3.54. The summed E-state index contributed by atoms with van der Waals surface area (Å²) in [6.45, 7) is 3.15. The quantitative estimate of drug-likeness (QED) is 0.761. The standard InChI is InChI=1S/C12H16ClFN2O/c1-12(17)2-4-16(5-3-12)11-7-9(14)8(13)6-10(11)15/h6-7,17H,2-5,15H2,1H3. The maximum atomic E-state index is 13.4. The van der Waals surface area contributed by atoms with Crippen molar-refractivity contribution in [2.75, 3.05) is 23.7 Å². The summed E-state index contributed by atoms with van der Waals surface area (Å²) in [4.78, 5) is 1.98. The van der Waals surface area contributed by atoms with E-state index in [1.807, 2.05) is 11.8 Å². The lowest BCUT2D eigenvalue weighted by atomic mass is 9.93. The molecule has 2 rings (SSSR count). The van der Waals surface area contributed by atoms with Crippen molar-refractivity contribution >= 4 is 23.0 Å². The number of aliphatic hydroxyl groups is 1. The predicted molar refractivity (Wildman–Crippen MR) is 67.9 cm³/mol. The van der Waals surface area contributed by atoms with Crippen LogP contribution in [-0.2, 0) is 0 Å². The predicted octanol–water partition coefficient (Wildman–Crippen LogP) is 2.41. The summed E-state index contributed by atoms with van der Waals surface area (Å²) in [7, 11) is 0. The molecule has 0 amide bonds. The van der Waals surface area contributed by atoms with Crippen molar-refractivity contribution in [2.45, 2.75) is 25.4 Å². The minimum atomic E-state index is -0.629. The smallest absolute Gasteiger partial charge is 0.144 e. The van der Waals surface area contributed by atoms with E-state index in [9.17, 15) is 9.50 Å². The number of halogens is 2. The van der Waals surface area contributed by atoms with E-state index in [1.54, 1.807) is 0 Å². The van der Waals surface area contributed by atoms with Crippen molar-refractivity contribution in [1.82, 2.24) is 0 Å². The van der Waals surface area contributed by atoms with Crippen LogP contribution in [0.15, 0.2) is 12.1 Å². The molecule has 0 atom stereocenters. The van der Waals surface area contributed by atoms with Crippen molar-refractivity contribution in [3.63, 3.8) is 0 Å². The summed E-state index contributed by atoms with van der Waals surface area (Å²) >= 11 is 5.66. The van der Waals surface area contributed by atoms with Crippen LogP contribution in [0.3, 0.4) is 0 Å². The first-order chi connectivity index (χ1) is 7.89. The highest BCUT2D eigenvalue weighted by Crippen LogP contribution is 2.32. The molecule has 3 N–H and O–H groups in total. The molecular formula is C12H16ClFN2O. The minimum Gasteiger partial charge on any atom is -0.397 e. The Balaban J connectivity index is 2.21. The van der Waals surface area contributed by atoms with Gasteiger partial charge in [-0.05, 0) is 25.8 Å². The summed E-state index contributed by atoms with van der Waals surface area (Å²) in [5, 5.41) is 9.89. The number of nitrogen functional groups attached to an aromatic ring is 1. The van der Waals surface area contributed by atoms with E-state index >= 15 is 0 Å². The number of anilines is 2. The van der Waals surface area contributed by atoms with E-state index in [2.05, 4.69) is 0 Å². The molecule has 0 aliphatic carbocycles. The number of benzene rings is 1. The highest BCUT2D eigenvalue weighted by molar-refractivity contribution is 6.31. The van der Waals surface area contributed by atoms with Gasteiger partial charge in [-0.1, -0.05) is 11.6 Å². The fraction of sp³-hybridized carbons (Fsp3) is 0.500. The van der Waals surface area contributed by atoms with Crippen LogP contribution in [0.5, 0.6) is 0 Å². The SMILES string of the molecule is CC1(O)CCN(c2cc(F)c(Cl)cc2N)CC1. The van der Waals surface area contributed by atoms with Gasteiger partial charge in [0.25, 0.3) is 0 Å². The van der Waals surface area contributed by atoms with E-state index in [4.69, 9.17) is 17.3 Å². The van der Waals surface area contributed by atoms with Crippen LogP contribution in [0.1, 0.15) is 19.8 Å². The molecule has 0 unspecified atom stereocenters. The molecule has 1 aliphatic rings. The number of nitrogens with zero attached hydrogens (tertiary/aromatic N) is 1. The second-order valence-electron chi connectivity index (χ2n) is 4.81. The van der Waals surface area contributed by atoms with Crippen molar-refractivity contribution < 1.29 is 9.50 Å². The summed E-state index contributed by atoms with van der Waals surface area (Å²) < 4.78 is 13.4. The monoisotopic (exact) mass is 258 g/mol. The van der Waals surface area contributed by atoms with Gasteiger partial charge in [-0.15, -0.1) is 0 Å². The molecule has 1 saturated heterocycles. The summed E-state index contributed by atoms with van der Waals surface area (Å²) in [6, 6.07) is 2.79. The van der Waals surface area contributed by atoms with Crippen molar-refractivity contribution in [3.8, 4) is 0 Å². The van der Waals surface area contributed by atoms with Crippen LogP contribution in [0.4, 0.5) is 15.8 Å². The molecule has 0 spiro atoms. The Labute approximate surface area is 105 Å². The van der Waals surface area contributed by atoms with Crippen molar-refractivity contribution in [3.05, 3.63) is 23.0 Å². The Hall–Kier alpha value is -1.00. The van der Waals surface area contributed by atoms with Gasteiger partial charge in [0.1, 0.15) is 5.82 Å². The van der Waals surface area contributed by atoms with E-state index in [1.165, 1.54) is 12.1 Å². The van der Waals surface area contributed by atoms with Gasteiger partial charge in [-0.25, -0.2) is 4.39 Å². The Morgan fingerprint density at radius 1 is 1.41 bits per heavy atom. The molecule has 0 saturated carbocycles. The Kier molecular flexibility index (Phi) is 3.19. The number of hydrogen-bond acceptors (Lipinski definition) is 3. The van der Waals surface area contributed by atoms with Gasteiger partial charge in [0.15, 0.2) is 0 Å². The number of rotatable bonds is 1. The molecule has 0 radical (unpaired) electrons. The summed E-state index contributed by atoms with van der Waals surface area (Å²) in [5.41, 5.74) is 6.33. The first-order valence-corrected chi connectivity index (χ1v) is 5.99. The minimum absolute atomic E-state index is 0.0373. The first-order valence-electron chi connectivity index (χ1n) is 5.61. The maximum absolute atomic E-state index is 13.4. The van der Waals surface area contributed by atoms with Crippen LogP contribution >= 0.6 is 11.6 Å². The second kappa shape index (κ2) is 4.35. The molecule has 0 aromatic heterocycles. The van der Waals surface area contributed by atoms with E-state index in [0.29, 0.717) is 37.3 Å². The van der Waals surface area contributed by atoms with Crippen LogP contribution in [0.2, 0.25) is 5.02 Å². The van der Waals surface area contributed by atoms with Crippen LogP contribution in [0, 0.1) is 5.82 Å². The molecule has 17 heavy (non-hydrogen) atoms. The first kappa shape index (κ1) is 12.5. The molecule has 3 nitrogen and oxygen atoms in total. The van der Waals surface area contributed by atoms with Crippen molar-refractivity contribution in [2.24, 2.45) is 0 Å². The fourth-order valence-corrected chi connectivity index (χ4v) is 2.23. The van der Waals surface area contributed by atoms with E-state index in [0.717, 1.165) is 0 Å². The zero-order chi connectivity index (χ0) is 12.6. The van der Waals surface area contributed by atoms with Gasteiger partial charge in [0, 0.05) is 19.2 Å². The van der Waals surface area contributed by atoms with E-state index < -0.39 is 11.4 Å². The molecule has 1 aromatic carbocycles. The van der Waals surface area contributed by atoms with Crippen molar-refractivity contribution in [1.29, 1.82) is 0 Å². The summed E-state index contributed by atoms with van der Waals surface area (Å²) in [5.74, 6) is -0.465. The molecule has 1 aliphatic heterocycles. The molecule has 5 heteroatoms. The average molecular weight is 259 g/mol. The summed E-state index contributed by atoms with van der Waals surface area (Å²) in [6.07, 6.45) is 1.30. The van der Waals surface area contributed by atoms with Gasteiger partial charge in [-0.2, -0.15) is 0 Å². The van der Waals surface area contributed by atoms with Crippen LogP contribution < -0.4 is 10.6 Å². The van der Waals surface area contributed by atoms with Gasteiger partial charge in [0.2, 0.25) is 0 Å². The molecule has 94 valence electrons. The normalized spacial score (nSPS) is 19.4. The second-order valence-corrected chi connectivity index (χ2v) is 5.22. The number of piperidine rings is 1. The maximum Gasteiger partial charge on any atom is 0.144 e. The molecule has 1 heterocycles. The Morgan fingerprint density at radius 3 is 2.59 bits per heavy atom. The Bertz CT molecular complexity index is 427. The van der Waals surface area contributed by atoms with Gasteiger partial charge in [-0.3, -0.25) is 0 Å². The van der Waals surface area contributed by atoms with E-state index in [-0.39, 0.29) is 5.02 Å². The molecule has 0 bridgehead atoms. The molecular weight excluding hydrogens is 243 g/mol. The average Bonchev–Trinajstić information content (AvgIpc) is 2.24. The number of nitrogens with two attached hydrogens (primary N) is 1. The lowest BCUT2D eigenvalue weighted by Crippen LogP contribution is -2.42. The molecule has 1 aromatic rings. The van der Waals surface area contributed by atoms with Crippen LogP contribution in [-0.4, -0.2) is 23.8 Å². The Morgan fingerprint density at radius 2 is 2.00 bits per heavy atom. The fourth-order valence-electron chi connectivity index (χ4n) is 2.05. The lowest BCUT2D eigenvalue weighted by Gasteiger charge is -2.37. The zero-order valence-electron chi connectivity index (χ0n) is 9.71. The zero-order valence-corrected chi connectivity index (χ0v) is 10.5. The van der Waals surface area contributed by atoms with Gasteiger partial charge >= 0.3 is 0 Å². The number of hydrogen-bond donors (Lipinski definition) is 2. The van der Waals surface area contributed by atoms with Gasteiger partial charge < -0.3 is 15.7 Å². The van der Waals surface area contributed by atoms with Crippen LogP contribution in [0.25, 0.3) is 0 Å². The topological polar surface area (TPSA) is 49.5 Å². The third-order valence-electron chi connectivity index (χ3n) is 3.25. The third kappa shape index (κ3) is 2.64. The largest absolute Gasteiger partial charge is 0.397 e. The molecule has 1 fully saturated rings. The lowest BCUT2D eigenvalue weighted by molar-refractivity contribution is 0.0351. The highest BCUT2D eigenvalue weighted by Gasteiger charge is 2.28.